The summed E-state index contributed by atoms with van der Waals surface area (Å²) in [6.45, 7) is 0. The molecule has 0 aliphatic carbocycles. The predicted octanol–water partition coefficient (Wildman–Crippen LogP) is 4.79. The first-order valence-corrected chi connectivity index (χ1v) is 9.47. The molecule has 0 radical (unpaired) electrons. The van der Waals surface area contributed by atoms with Gasteiger partial charge in [-0.3, -0.25) is 0 Å². The van der Waals surface area contributed by atoms with E-state index < -0.39 is 17.2 Å². The molecule has 6 heteroatoms. The third-order valence-corrected chi connectivity index (χ3v) is 4.87. The van der Waals surface area contributed by atoms with E-state index in [0.29, 0.717) is 22.1 Å². The van der Waals surface area contributed by atoms with E-state index in [1.165, 1.54) is 12.1 Å². The molecule has 150 valence electrons. The Kier molecular flexibility index (Phi) is 4.45. The van der Waals surface area contributed by atoms with Crippen molar-refractivity contribution in [2.75, 3.05) is 0 Å². The van der Waals surface area contributed by atoms with Crippen molar-refractivity contribution in [3.05, 3.63) is 111 Å². The number of fused-ring (bicyclic) bond motifs is 2. The third-order valence-electron chi connectivity index (χ3n) is 4.87. The van der Waals surface area contributed by atoms with E-state index >= 15 is 0 Å². The van der Waals surface area contributed by atoms with Gasteiger partial charge in [0.15, 0.2) is 0 Å². The Balaban J connectivity index is 1.61. The summed E-state index contributed by atoms with van der Waals surface area (Å²) in [5.41, 5.74) is 0.461. The molecule has 0 aliphatic rings. The number of carbonyl (C=O) groups is 1. The summed E-state index contributed by atoms with van der Waals surface area (Å²) >= 11 is 0. The number of hydrogen-bond donors (Lipinski definition) is 0. The highest BCUT2D eigenvalue weighted by Crippen LogP contribution is 2.30. The molecule has 5 aromatic rings. The first-order valence-electron chi connectivity index (χ1n) is 9.47. The largest absolute Gasteiger partial charge is 0.423 e. The average molecular weight is 410 g/mol. The lowest BCUT2D eigenvalue weighted by Crippen LogP contribution is -2.09. The molecule has 0 N–H and O–H groups in total. The molecule has 2 aromatic heterocycles. The molecular weight excluding hydrogens is 396 g/mol. The molecule has 0 saturated heterocycles. The standard InChI is InChI=1S/C25H14O6/c26-23-14-19(20-12-16-8-4-5-9-21(16)31-25(20)28)18-11-10-17(13-22(18)30-23)29-24(27)15-6-2-1-3-7-15/h1-14H. The van der Waals surface area contributed by atoms with Crippen LogP contribution in [-0.4, -0.2) is 5.97 Å². The van der Waals surface area contributed by atoms with Crippen molar-refractivity contribution in [2.45, 2.75) is 0 Å². The number of benzene rings is 3. The van der Waals surface area contributed by atoms with Crippen molar-refractivity contribution < 1.29 is 18.4 Å². The van der Waals surface area contributed by atoms with Gasteiger partial charge in [0.25, 0.3) is 0 Å². The van der Waals surface area contributed by atoms with Crippen LogP contribution in [-0.2, 0) is 0 Å². The SMILES string of the molecule is O=C(Oc1ccc2c(-c3cc4ccccc4oc3=O)cc(=O)oc2c1)c1ccccc1. The van der Waals surface area contributed by atoms with Crippen molar-refractivity contribution >= 4 is 27.9 Å². The number of ether oxygens (including phenoxy) is 1. The molecule has 0 bridgehead atoms. The van der Waals surface area contributed by atoms with E-state index in [4.69, 9.17) is 13.6 Å². The van der Waals surface area contributed by atoms with Crippen LogP contribution < -0.4 is 16.0 Å². The van der Waals surface area contributed by atoms with Gasteiger partial charge in [0, 0.05) is 28.5 Å². The number of carbonyl (C=O) groups excluding carboxylic acids is 1. The van der Waals surface area contributed by atoms with Gasteiger partial charge in [0.2, 0.25) is 0 Å². The summed E-state index contributed by atoms with van der Waals surface area (Å²) in [5.74, 6) is -0.319. The van der Waals surface area contributed by atoms with Crippen LogP contribution in [0, 0.1) is 0 Å². The van der Waals surface area contributed by atoms with Gasteiger partial charge in [-0.05, 0) is 36.4 Å². The average Bonchev–Trinajstić information content (AvgIpc) is 2.78. The summed E-state index contributed by atoms with van der Waals surface area (Å²) in [4.78, 5) is 37.1. The van der Waals surface area contributed by atoms with Crippen LogP contribution in [0.4, 0.5) is 0 Å². The Labute approximate surface area is 174 Å². The van der Waals surface area contributed by atoms with Crippen LogP contribution in [0.1, 0.15) is 10.4 Å². The maximum atomic E-state index is 12.6. The maximum Gasteiger partial charge on any atom is 0.344 e. The molecule has 2 heterocycles. The van der Waals surface area contributed by atoms with Gasteiger partial charge >= 0.3 is 17.2 Å². The molecule has 0 fully saturated rings. The van der Waals surface area contributed by atoms with Gasteiger partial charge < -0.3 is 13.6 Å². The molecule has 31 heavy (non-hydrogen) atoms. The van der Waals surface area contributed by atoms with Crippen LogP contribution in [0.2, 0.25) is 0 Å². The summed E-state index contributed by atoms with van der Waals surface area (Å²) in [6, 6.07) is 23.3. The zero-order valence-corrected chi connectivity index (χ0v) is 16.0. The minimum absolute atomic E-state index is 0.188. The van der Waals surface area contributed by atoms with Gasteiger partial charge in [0.1, 0.15) is 16.9 Å². The van der Waals surface area contributed by atoms with Crippen molar-refractivity contribution in [3.63, 3.8) is 0 Å². The smallest absolute Gasteiger partial charge is 0.344 e. The molecule has 0 amide bonds. The van der Waals surface area contributed by atoms with E-state index in [1.807, 2.05) is 12.1 Å². The predicted molar refractivity (Wildman–Crippen MR) is 115 cm³/mol. The second kappa shape index (κ2) is 7.42. The minimum Gasteiger partial charge on any atom is -0.423 e. The lowest BCUT2D eigenvalue weighted by atomic mass is 10.0. The summed E-state index contributed by atoms with van der Waals surface area (Å²) in [6.07, 6.45) is 0. The van der Waals surface area contributed by atoms with Crippen molar-refractivity contribution in [2.24, 2.45) is 0 Å². The summed E-state index contributed by atoms with van der Waals surface area (Å²) in [5, 5.41) is 1.24. The number of hydrogen-bond acceptors (Lipinski definition) is 6. The molecular formula is C25H14O6. The van der Waals surface area contributed by atoms with E-state index in [1.54, 1.807) is 60.7 Å². The van der Waals surface area contributed by atoms with E-state index in [2.05, 4.69) is 0 Å². The topological polar surface area (TPSA) is 86.7 Å². The van der Waals surface area contributed by atoms with Crippen LogP contribution in [0.25, 0.3) is 33.1 Å². The fourth-order valence-electron chi connectivity index (χ4n) is 3.42. The zero-order chi connectivity index (χ0) is 21.4. The highest BCUT2D eigenvalue weighted by molar-refractivity contribution is 5.96. The minimum atomic E-state index is -0.637. The highest BCUT2D eigenvalue weighted by Gasteiger charge is 2.15. The quantitative estimate of drug-likeness (QED) is 0.242. The van der Waals surface area contributed by atoms with Crippen molar-refractivity contribution in [3.8, 4) is 16.9 Å². The molecule has 0 aliphatic heterocycles. The fourth-order valence-corrected chi connectivity index (χ4v) is 3.42. The molecule has 3 aromatic carbocycles. The van der Waals surface area contributed by atoms with Crippen LogP contribution in [0.3, 0.4) is 0 Å². The van der Waals surface area contributed by atoms with Crippen molar-refractivity contribution in [1.82, 2.24) is 0 Å². The van der Waals surface area contributed by atoms with E-state index in [-0.39, 0.29) is 16.9 Å². The Bertz CT molecular complexity index is 1560. The van der Waals surface area contributed by atoms with E-state index in [9.17, 15) is 14.4 Å². The lowest BCUT2D eigenvalue weighted by molar-refractivity contribution is 0.0735. The van der Waals surface area contributed by atoms with Crippen molar-refractivity contribution in [1.29, 1.82) is 0 Å². The van der Waals surface area contributed by atoms with Gasteiger partial charge in [-0.1, -0.05) is 36.4 Å². The Morgan fingerprint density at radius 2 is 1.48 bits per heavy atom. The molecule has 0 atom stereocenters. The number of para-hydroxylation sites is 1. The molecule has 0 unspecified atom stereocenters. The number of rotatable bonds is 3. The Hall–Kier alpha value is -4.45. The molecule has 6 nitrogen and oxygen atoms in total. The van der Waals surface area contributed by atoms with Crippen LogP contribution in [0.15, 0.2) is 103 Å². The molecule has 5 rings (SSSR count). The Morgan fingerprint density at radius 3 is 2.32 bits per heavy atom. The first-order chi connectivity index (χ1) is 15.1. The second-order valence-corrected chi connectivity index (χ2v) is 6.88. The Morgan fingerprint density at radius 1 is 0.710 bits per heavy atom. The number of esters is 1. The maximum absolute atomic E-state index is 12.6. The van der Waals surface area contributed by atoms with Gasteiger partial charge in [-0.25, -0.2) is 14.4 Å². The highest BCUT2D eigenvalue weighted by atomic mass is 16.5. The summed E-state index contributed by atoms with van der Waals surface area (Å²) in [7, 11) is 0. The van der Waals surface area contributed by atoms with Crippen LogP contribution in [0.5, 0.6) is 5.75 Å². The fraction of sp³-hybridized carbons (Fsp3) is 0. The van der Waals surface area contributed by atoms with Gasteiger partial charge in [0.05, 0.1) is 11.1 Å². The molecule has 0 saturated carbocycles. The van der Waals surface area contributed by atoms with Gasteiger partial charge in [-0.2, -0.15) is 0 Å². The molecule has 0 spiro atoms. The van der Waals surface area contributed by atoms with Gasteiger partial charge in [-0.15, -0.1) is 0 Å². The zero-order valence-electron chi connectivity index (χ0n) is 16.0. The second-order valence-electron chi connectivity index (χ2n) is 6.88. The monoisotopic (exact) mass is 410 g/mol. The summed E-state index contributed by atoms with van der Waals surface area (Å²) < 4.78 is 16.1. The normalized spacial score (nSPS) is 11.0. The van der Waals surface area contributed by atoms with Crippen LogP contribution >= 0.6 is 0 Å². The third kappa shape index (κ3) is 3.51. The van der Waals surface area contributed by atoms with E-state index in [0.717, 1.165) is 5.39 Å². The first kappa shape index (κ1) is 18.6. The lowest BCUT2D eigenvalue weighted by Gasteiger charge is -2.08.